The summed E-state index contributed by atoms with van der Waals surface area (Å²) in [6.45, 7) is 2.58. The topological polar surface area (TPSA) is 58.2 Å². The Labute approximate surface area is 153 Å². The number of piperidine rings is 1. The highest BCUT2D eigenvalue weighted by atomic mass is 16.5. The van der Waals surface area contributed by atoms with Crippen LogP contribution in [0.15, 0.2) is 48.8 Å². The number of ether oxygens (including phenoxy) is 1. The maximum absolute atomic E-state index is 13.0. The van der Waals surface area contributed by atoms with Gasteiger partial charge in [-0.3, -0.25) is 9.69 Å². The van der Waals surface area contributed by atoms with E-state index in [-0.39, 0.29) is 11.7 Å². The molecule has 1 atom stereocenters. The second-order valence-electron chi connectivity index (χ2n) is 6.90. The number of nitrogens with zero attached hydrogens (tertiary/aromatic N) is 2. The van der Waals surface area contributed by atoms with Gasteiger partial charge in [-0.25, -0.2) is 4.98 Å². The van der Waals surface area contributed by atoms with Crippen LogP contribution in [0.5, 0.6) is 5.75 Å². The van der Waals surface area contributed by atoms with E-state index in [0.717, 1.165) is 60.4 Å². The lowest BCUT2D eigenvalue weighted by Gasteiger charge is -2.31. The smallest absolute Gasteiger partial charge is 0.167 e. The number of methoxy groups -OCH3 is 1. The zero-order valence-electron chi connectivity index (χ0n) is 14.9. The van der Waals surface area contributed by atoms with Gasteiger partial charge in [0, 0.05) is 30.4 Å². The van der Waals surface area contributed by atoms with Gasteiger partial charge in [0.15, 0.2) is 5.78 Å². The molecular formula is C21H23N3O2. The number of likely N-dealkylation sites (tertiary alicyclic amines) is 1. The van der Waals surface area contributed by atoms with Gasteiger partial charge in [0.1, 0.15) is 11.6 Å². The highest BCUT2D eigenvalue weighted by molar-refractivity contribution is 6.01. The number of fused-ring (bicyclic) bond motifs is 1. The summed E-state index contributed by atoms with van der Waals surface area (Å²) in [6.07, 6.45) is 5.61. The number of Topliss-reactive ketones (excluding diaryl/α,β-unsaturated/α-hetero) is 1. The normalized spacial score (nSPS) is 18.1. The zero-order valence-corrected chi connectivity index (χ0v) is 14.9. The Morgan fingerprint density at radius 2 is 2.12 bits per heavy atom. The molecule has 1 unspecified atom stereocenters. The number of carbonyl (C=O) groups is 1. The Morgan fingerprint density at radius 1 is 1.27 bits per heavy atom. The van der Waals surface area contributed by atoms with Crippen molar-refractivity contribution < 1.29 is 9.53 Å². The first-order valence-electron chi connectivity index (χ1n) is 9.05. The minimum Gasteiger partial charge on any atom is -0.497 e. The van der Waals surface area contributed by atoms with Crippen LogP contribution in [0, 0.1) is 5.92 Å². The molecule has 1 aliphatic heterocycles. The van der Waals surface area contributed by atoms with Gasteiger partial charge in [0.05, 0.1) is 13.7 Å². The third kappa shape index (κ3) is 3.48. The number of rotatable bonds is 5. The van der Waals surface area contributed by atoms with Gasteiger partial charge in [-0.05, 0) is 48.4 Å². The van der Waals surface area contributed by atoms with Crippen LogP contribution in [0.1, 0.15) is 29.0 Å². The summed E-state index contributed by atoms with van der Waals surface area (Å²) < 4.78 is 5.27. The predicted octanol–water partition coefficient (Wildman–Crippen LogP) is 3.67. The summed E-state index contributed by atoms with van der Waals surface area (Å²) in [4.78, 5) is 22.8. The van der Waals surface area contributed by atoms with Crippen LogP contribution in [0.3, 0.4) is 0 Å². The van der Waals surface area contributed by atoms with Gasteiger partial charge in [-0.2, -0.15) is 0 Å². The number of carbonyl (C=O) groups excluding carboxylic acids is 1. The standard InChI is InChI=1S/C21H23N3O2/c1-26-19-7-6-15-11-17(5-4-16(15)12-19)21(25)18-3-2-10-24(13-18)14-20-22-8-9-23-20/h4-9,11-12,18H,2-3,10,13-14H2,1H3,(H,22,23). The molecule has 0 radical (unpaired) electrons. The Bertz CT molecular complexity index is 905. The molecule has 0 bridgehead atoms. The fourth-order valence-corrected chi connectivity index (χ4v) is 3.75. The second-order valence-corrected chi connectivity index (χ2v) is 6.90. The Kier molecular flexibility index (Phi) is 4.71. The van der Waals surface area contributed by atoms with E-state index in [1.165, 1.54) is 0 Å². The van der Waals surface area contributed by atoms with E-state index in [1.807, 2.05) is 42.6 Å². The summed E-state index contributed by atoms with van der Waals surface area (Å²) in [5.74, 6) is 2.08. The second kappa shape index (κ2) is 7.30. The van der Waals surface area contributed by atoms with Crippen molar-refractivity contribution in [2.45, 2.75) is 19.4 Å². The van der Waals surface area contributed by atoms with Crippen molar-refractivity contribution in [1.82, 2.24) is 14.9 Å². The maximum Gasteiger partial charge on any atom is 0.167 e. The lowest BCUT2D eigenvalue weighted by atomic mass is 9.89. The predicted molar refractivity (Wildman–Crippen MR) is 101 cm³/mol. The molecule has 1 saturated heterocycles. The largest absolute Gasteiger partial charge is 0.497 e. The van der Waals surface area contributed by atoms with Gasteiger partial charge in [0.2, 0.25) is 0 Å². The lowest BCUT2D eigenvalue weighted by molar-refractivity contribution is 0.0809. The third-order valence-corrected chi connectivity index (χ3v) is 5.14. The maximum atomic E-state index is 13.0. The molecule has 2 aromatic carbocycles. The molecule has 0 aliphatic carbocycles. The van der Waals surface area contributed by atoms with Crippen molar-refractivity contribution in [1.29, 1.82) is 0 Å². The number of hydrogen-bond donors (Lipinski definition) is 1. The summed E-state index contributed by atoms with van der Waals surface area (Å²) in [7, 11) is 1.66. The number of ketones is 1. The van der Waals surface area contributed by atoms with Crippen molar-refractivity contribution in [2.24, 2.45) is 5.92 Å². The monoisotopic (exact) mass is 349 g/mol. The Morgan fingerprint density at radius 3 is 2.92 bits per heavy atom. The number of hydrogen-bond acceptors (Lipinski definition) is 4. The first-order valence-corrected chi connectivity index (χ1v) is 9.05. The summed E-state index contributed by atoms with van der Waals surface area (Å²) in [5, 5.41) is 2.16. The van der Waals surface area contributed by atoms with Crippen LogP contribution in [0.4, 0.5) is 0 Å². The fraction of sp³-hybridized carbons (Fsp3) is 0.333. The molecule has 1 fully saturated rings. The molecule has 5 nitrogen and oxygen atoms in total. The zero-order chi connectivity index (χ0) is 17.9. The molecule has 3 aromatic rings. The average molecular weight is 349 g/mol. The molecule has 1 N–H and O–H groups in total. The third-order valence-electron chi connectivity index (χ3n) is 5.14. The molecule has 134 valence electrons. The Balaban J connectivity index is 1.50. The minimum absolute atomic E-state index is 0.0504. The van der Waals surface area contributed by atoms with Gasteiger partial charge in [-0.1, -0.05) is 18.2 Å². The highest BCUT2D eigenvalue weighted by Gasteiger charge is 2.27. The molecule has 0 saturated carbocycles. The molecular weight excluding hydrogens is 326 g/mol. The number of H-pyrrole nitrogens is 1. The number of aromatic nitrogens is 2. The van der Waals surface area contributed by atoms with Crippen molar-refractivity contribution in [3.8, 4) is 5.75 Å². The molecule has 4 rings (SSSR count). The van der Waals surface area contributed by atoms with Crippen molar-refractivity contribution in [3.05, 3.63) is 60.2 Å². The molecule has 1 aromatic heterocycles. The van der Waals surface area contributed by atoms with Gasteiger partial charge in [-0.15, -0.1) is 0 Å². The van der Waals surface area contributed by atoms with Gasteiger partial charge < -0.3 is 9.72 Å². The highest BCUT2D eigenvalue weighted by Crippen LogP contribution is 2.26. The summed E-state index contributed by atoms with van der Waals surface area (Å²) >= 11 is 0. The van der Waals surface area contributed by atoms with E-state index in [0.29, 0.717) is 0 Å². The molecule has 2 heterocycles. The van der Waals surface area contributed by atoms with Crippen LogP contribution in [-0.2, 0) is 6.54 Å². The lowest BCUT2D eigenvalue weighted by Crippen LogP contribution is -2.38. The van der Waals surface area contributed by atoms with E-state index in [1.54, 1.807) is 13.3 Å². The molecule has 0 spiro atoms. The summed E-state index contributed by atoms with van der Waals surface area (Å²) in [5.41, 5.74) is 0.799. The minimum atomic E-state index is 0.0504. The van der Waals surface area contributed by atoms with Crippen molar-refractivity contribution >= 4 is 16.6 Å². The van der Waals surface area contributed by atoms with Crippen LogP contribution in [0.2, 0.25) is 0 Å². The van der Waals surface area contributed by atoms with Crippen LogP contribution in [-0.4, -0.2) is 40.9 Å². The molecule has 0 amide bonds. The van der Waals surface area contributed by atoms with E-state index >= 15 is 0 Å². The average Bonchev–Trinajstić information content (AvgIpc) is 3.19. The first kappa shape index (κ1) is 16.8. The molecule has 5 heteroatoms. The fourth-order valence-electron chi connectivity index (χ4n) is 3.75. The van der Waals surface area contributed by atoms with Crippen LogP contribution < -0.4 is 4.74 Å². The Hall–Kier alpha value is -2.66. The summed E-state index contributed by atoms with van der Waals surface area (Å²) in [6, 6.07) is 11.9. The van der Waals surface area contributed by atoms with Gasteiger partial charge >= 0.3 is 0 Å². The number of imidazole rings is 1. The molecule has 1 aliphatic rings. The number of aromatic amines is 1. The number of benzene rings is 2. The van der Waals surface area contributed by atoms with Crippen molar-refractivity contribution in [3.63, 3.8) is 0 Å². The quantitative estimate of drug-likeness (QED) is 0.714. The SMILES string of the molecule is COc1ccc2cc(C(=O)C3CCCN(Cc4ncc[nH]4)C3)ccc2c1. The van der Waals surface area contributed by atoms with E-state index < -0.39 is 0 Å². The number of nitrogens with one attached hydrogen (secondary N) is 1. The van der Waals surface area contributed by atoms with Gasteiger partial charge in [0.25, 0.3) is 0 Å². The van der Waals surface area contributed by atoms with E-state index in [4.69, 9.17) is 4.74 Å². The van der Waals surface area contributed by atoms with E-state index in [2.05, 4.69) is 14.9 Å². The van der Waals surface area contributed by atoms with Crippen molar-refractivity contribution in [2.75, 3.05) is 20.2 Å². The molecule has 26 heavy (non-hydrogen) atoms. The van der Waals surface area contributed by atoms with E-state index in [9.17, 15) is 4.79 Å². The first-order chi connectivity index (χ1) is 12.7. The van der Waals surface area contributed by atoms with Crippen LogP contribution in [0.25, 0.3) is 10.8 Å². The van der Waals surface area contributed by atoms with Crippen LogP contribution >= 0.6 is 0 Å².